The van der Waals surface area contributed by atoms with E-state index in [2.05, 4.69) is 37.4 Å². The standard InChI is InChI=1S/C17H22N2O2/c1-12-4-5-13(2)14(10-12)15-11-18-17(16(15)20)6-8-19(21-3)9-7-17/h4-5,10-11,18H,6-9H2,1-3H3. The van der Waals surface area contributed by atoms with E-state index in [1.54, 1.807) is 7.11 Å². The van der Waals surface area contributed by atoms with Gasteiger partial charge in [-0.2, -0.15) is 5.06 Å². The van der Waals surface area contributed by atoms with Crippen molar-refractivity contribution in [3.63, 3.8) is 0 Å². The third-order valence-corrected chi connectivity index (χ3v) is 4.69. The van der Waals surface area contributed by atoms with Crippen LogP contribution in [0.1, 0.15) is 29.5 Å². The number of nitrogens with one attached hydrogen (secondary N) is 1. The lowest BCUT2D eigenvalue weighted by Crippen LogP contribution is -2.53. The molecule has 1 aromatic rings. The highest BCUT2D eigenvalue weighted by atomic mass is 16.7. The Bertz CT molecular complexity index is 599. The molecule has 0 unspecified atom stereocenters. The number of carbonyl (C=O) groups is 1. The molecule has 4 heteroatoms. The van der Waals surface area contributed by atoms with E-state index in [4.69, 9.17) is 4.84 Å². The van der Waals surface area contributed by atoms with Crippen molar-refractivity contribution in [1.82, 2.24) is 10.4 Å². The highest BCUT2D eigenvalue weighted by molar-refractivity contribution is 6.27. The zero-order chi connectivity index (χ0) is 15.0. The third kappa shape index (κ3) is 2.39. The second-order valence-electron chi connectivity index (χ2n) is 6.04. The fourth-order valence-corrected chi connectivity index (χ4v) is 3.25. The van der Waals surface area contributed by atoms with E-state index in [-0.39, 0.29) is 5.78 Å². The summed E-state index contributed by atoms with van der Waals surface area (Å²) in [5.74, 6) is 0.229. The van der Waals surface area contributed by atoms with E-state index in [0.29, 0.717) is 0 Å². The monoisotopic (exact) mass is 286 g/mol. The second-order valence-corrected chi connectivity index (χ2v) is 6.04. The van der Waals surface area contributed by atoms with Crippen LogP contribution in [0.15, 0.2) is 24.4 Å². The molecule has 4 nitrogen and oxygen atoms in total. The molecule has 1 saturated heterocycles. The number of carbonyl (C=O) groups excluding carboxylic acids is 1. The minimum Gasteiger partial charge on any atom is -0.378 e. The minimum atomic E-state index is -0.430. The summed E-state index contributed by atoms with van der Waals surface area (Å²) in [5.41, 5.74) is 3.77. The molecule has 3 rings (SSSR count). The molecule has 1 N–H and O–H groups in total. The molecule has 0 aliphatic carbocycles. The molecular weight excluding hydrogens is 264 g/mol. The van der Waals surface area contributed by atoms with Gasteiger partial charge < -0.3 is 10.2 Å². The lowest BCUT2D eigenvalue weighted by Gasteiger charge is -2.37. The van der Waals surface area contributed by atoms with Gasteiger partial charge in [0.1, 0.15) is 5.54 Å². The van der Waals surface area contributed by atoms with Gasteiger partial charge >= 0.3 is 0 Å². The van der Waals surface area contributed by atoms with E-state index >= 15 is 0 Å². The van der Waals surface area contributed by atoms with E-state index < -0.39 is 5.54 Å². The lowest BCUT2D eigenvalue weighted by molar-refractivity contribution is -0.155. The summed E-state index contributed by atoms with van der Waals surface area (Å²) in [4.78, 5) is 18.2. The van der Waals surface area contributed by atoms with Crippen LogP contribution in [-0.4, -0.2) is 36.6 Å². The Labute approximate surface area is 125 Å². The highest BCUT2D eigenvalue weighted by Crippen LogP contribution is 2.35. The van der Waals surface area contributed by atoms with Crippen molar-refractivity contribution in [1.29, 1.82) is 0 Å². The Morgan fingerprint density at radius 2 is 1.95 bits per heavy atom. The largest absolute Gasteiger partial charge is 0.378 e. The molecule has 0 aromatic heterocycles. The second kappa shape index (κ2) is 5.28. The molecule has 2 aliphatic heterocycles. The normalized spacial score (nSPS) is 21.5. The number of ketones is 1. The van der Waals surface area contributed by atoms with Crippen LogP contribution in [0.3, 0.4) is 0 Å². The summed E-state index contributed by atoms with van der Waals surface area (Å²) >= 11 is 0. The summed E-state index contributed by atoms with van der Waals surface area (Å²) in [6.07, 6.45) is 3.47. The topological polar surface area (TPSA) is 41.6 Å². The molecule has 0 atom stereocenters. The van der Waals surface area contributed by atoms with Crippen molar-refractivity contribution in [2.24, 2.45) is 0 Å². The molecule has 1 aromatic carbocycles. The van der Waals surface area contributed by atoms with Crippen LogP contribution < -0.4 is 5.32 Å². The molecule has 0 bridgehead atoms. The Morgan fingerprint density at radius 1 is 1.24 bits per heavy atom. The predicted octanol–water partition coefficient (Wildman–Crippen LogP) is 2.21. The summed E-state index contributed by atoms with van der Waals surface area (Å²) in [5, 5.41) is 5.28. The van der Waals surface area contributed by atoms with Crippen LogP contribution in [0.2, 0.25) is 0 Å². The van der Waals surface area contributed by atoms with E-state index in [9.17, 15) is 4.79 Å². The third-order valence-electron chi connectivity index (χ3n) is 4.69. The van der Waals surface area contributed by atoms with Crippen LogP contribution in [0, 0.1) is 13.8 Å². The van der Waals surface area contributed by atoms with Crippen molar-refractivity contribution in [3.05, 3.63) is 41.1 Å². The molecule has 0 radical (unpaired) electrons. The molecule has 2 aliphatic rings. The fraction of sp³-hybridized carbons (Fsp3) is 0.471. The molecule has 0 saturated carbocycles. The Kier molecular flexibility index (Phi) is 3.59. The van der Waals surface area contributed by atoms with Crippen molar-refractivity contribution in [2.75, 3.05) is 20.2 Å². The fourth-order valence-electron chi connectivity index (χ4n) is 3.25. The molecule has 21 heavy (non-hydrogen) atoms. The SMILES string of the molecule is CON1CCC2(CC1)NC=C(c1cc(C)ccc1C)C2=O. The number of Topliss-reactive ketones (excluding diaryl/α,β-unsaturated/α-hetero) is 1. The van der Waals surface area contributed by atoms with Crippen LogP contribution >= 0.6 is 0 Å². The number of benzene rings is 1. The van der Waals surface area contributed by atoms with E-state index in [1.807, 2.05) is 11.3 Å². The minimum absolute atomic E-state index is 0.229. The smallest absolute Gasteiger partial charge is 0.190 e. The maximum absolute atomic E-state index is 13.0. The van der Waals surface area contributed by atoms with Gasteiger partial charge in [0, 0.05) is 24.9 Å². The molecule has 2 heterocycles. The van der Waals surface area contributed by atoms with Crippen LogP contribution in [0.4, 0.5) is 0 Å². The van der Waals surface area contributed by atoms with Gasteiger partial charge in [-0.25, -0.2) is 0 Å². The molecule has 112 valence electrons. The summed E-state index contributed by atoms with van der Waals surface area (Å²) in [6, 6.07) is 6.26. The molecule has 1 spiro atoms. The number of hydrogen-bond donors (Lipinski definition) is 1. The van der Waals surface area contributed by atoms with Crippen molar-refractivity contribution < 1.29 is 9.63 Å². The first-order valence-electron chi connectivity index (χ1n) is 7.45. The average Bonchev–Trinajstić information content (AvgIpc) is 2.80. The molecule has 0 amide bonds. The van der Waals surface area contributed by atoms with Gasteiger partial charge in [0.25, 0.3) is 0 Å². The predicted molar refractivity (Wildman–Crippen MR) is 82.6 cm³/mol. The van der Waals surface area contributed by atoms with Crippen molar-refractivity contribution >= 4 is 11.4 Å². The number of piperidine rings is 1. The van der Waals surface area contributed by atoms with E-state index in [1.165, 1.54) is 5.56 Å². The van der Waals surface area contributed by atoms with Crippen LogP contribution in [0.25, 0.3) is 5.57 Å². The van der Waals surface area contributed by atoms with Gasteiger partial charge in [0.05, 0.1) is 7.11 Å². The Morgan fingerprint density at radius 3 is 2.62 bits per heavy atom. The quantitative estimate of drug-likeness (QED) is 0.905. The van der Waals surface area contributed by atoms with Gasteiger partial charge in [-0.15, -0.1) is 0 Å². The zero-order valence-electron chi connectivity index (χ0n) is 12.9. The Balaban J connectivity index is 1.85. The highest BCUT2D eigenvalue weighted by Gasteiger charge is 2.45. The lowest BCUT2D eigenvalue weighted by atomic mass is 9.81. The molecular formula is C17H22N2O2. The van der Waals surface area contributed by atoms with Crippen LogP contribution in [0.5, 0.6) is 0 Å². The van der Waals surface area contributed by atoms with Crippen molar-refractivity contribution in [3.8, 4) is 0 Å². The summed E-state index contributed by atoms with van der Waals surface area (Å²) < 4.78 is 0. The van der Waals surface area contributed by atoms with Gasteiger partial charge in [-0.3, -0.25) is 4.79 Å². The average molecular weight is 286 g/mol. The zero-order valence-corrected chi connectivity index (χ0v) is 12.9. The molecule has 1 fully saturated rings. The number of rotatable bonds is 2. The number of aryl methyl sites for hydroxylation is 2. The first kappa shape index (κ1) is 14.3. The van der Waals surface area contributed by atoms with Gasteiger partial charge in [-0.1, -0.05) is 23.8 Å². The summed E-state index contributed by atoms with van der Waals surface area (Å²) in [6.45, 7) is 5.68. The summed E-state index contributed by atoms with van der Waals surface area (Å²) in [7, 11) is 1.68. The first-order chi connectivity index (χ1) is 10.1. The first-order valence-corrected chi connectivity index (χ1v) is 7.45. The van der Waals surface area contributed by atoms with Gasteiger partial charge in [0.15, 0.2) is 5.78 Å². The number of hydrogen-bond acceptors (Lipinski definition) is 4. The van der Waals surface area contributed by atoms with Gasteiger partial charge in [0.2, 0.25) is 0 Å². The number of nitrogens with zero attached hydrogens (tertiary/aromatic N) is 1. The Hall–Kier alpha value is -1.65. The van der Waals surface area contributed by atoms with E-state index in [0.717, 1.165) is 42.6 Å². The van der Waals surface area contributed by atoms with Crippen LogP contribution in [-0.2, 0) is 9.63 Å². The number of hydroxylamine groups is 2. The van der Waals surface area contributed by atoms with Crippen molar-refractivity contribution in [2.45, 2.75) is 32.2 Å². The maximum Gasteiger partial charge on any atom is 0.190 e. The van der Waals surface area contributed by atoms with Gasteiger partial charge in [-0.05, 0) is 37.8 Å². The maximum atomic E-state index is 13.0.